The van der Waals surface area contributed by atoms with Crippen molar-refractivity contribution in [3.63, 3.8) is 0 Å². The third-order valence-electron chi connectivity index (χ3n) is 11.8. The van der Waals surface area contributed by atoms with E-state index in [0.29, 0.717) is 0 Å². The van der Waals surface area contributed by atoms with Crippen LogP contribution in [0.5, 0.6) is 0 Å². The van der Waals surface area contributed by atoms with Crippen LogP contribution in [0.3, 0.4) is 0 Å². The fourth-order valence-electron chi connectivity index (χ4n) is 8.78. The van der Waals surface area contributed by atoms with Crippen LogP contribution in [-0.4, -0.2) is 18.3 Å². The van der Waals surface area contributed by atoms with Gasteiger partial charge in [0.1, 0.15) is 5.58 Å². The van der Waals surface area contributed by atoms with Crippen molar-refractivity contribution in [2.45, 2.75) is 50.0 Å². The second-order valence-electron chi connectivity index (χ2n) is 17.2. The van der Waals surface area contributed by atoms with Crippen LogP contribution in [0.15, 0.2) is 174 Å². The number of fused-ring (bicyclic) bond motifs is 8. The Morgan fingerprint density at radius 3 is 2.17 bits per heavy atom. The van der Waals surface area contributed by atoms with Gasteiger partial charge in [-0.2, -0.15) is 18.2 Å². The molecule has 1 aliphatic rings. The van der Waals surface area contributed by atoms with Crippen molar-refractivity contribution in [3.05, 3.63) is 204 Å². The number of anilines is 2. The molecule has 1 unspecified atom stereocenters. The molecule has 0 spiro atoms. The molecule has 10 aromatic rings. The van der Waals surface area contributed by atoms with Gasteiger partial charge in [-0.25, -0.2) is 0 Å². The molecule has 0 bridgehead atoms. The zero-order valence-corrected chi connectivity index (χ0v) is 40.3. The van der Waals surface area contributed by atoms with Gasteiger partial charge in [0.2, 0.25) is 0 Å². The molecule has 1 aliphatic heterocycles. The molecular formula is C57H48GeIrN3O. The molecule has 0 amide bonds. The maximum absolute atomic E-state index is 8.49. The average Bonchev–Trinajstić information content (AvgIpc) is 3.91. The van der Waals surface area contributed by atoms with Crippen LogP contribution in [0, 0.1) is 19.0 Å². The number of aromatic nitrogens is 1. The number of rotatable bonds is 6. The van der Waals surface area contributed by atoms with Crippen LogP contribution in [-0.2, 0) is 20.1 Å². The number of nitrogens with zero attached hydrogens (tertiary/aromatic N) is 3. The predicted octanol–water partition coefficient (Wildman–Crippen LogP) is 15.7. The molecule has 0 saturated heterocycles. The van der Waals surface area contributed by atoms with Crippen molar-refractivity contribution in [1.82, 2.24) is 4.98 Å². The van der Waals surface area contributed by atoms with Crippen LogP contribution < -0.4 is 9.30 Å². The van der Waals surface area contributed by atoms with Crippen LogP contribution >= 0.6 is 0 Å². The first-order valence-electron chi connectivity index (χ1n) is 23.1. The van der Waals surface area contributed by atoms with Crippen molar-refractivity contribution in [2.75, 3.05) is 4.90 Å². The second kappa shape index (κ2) is 17.3. The minimum Gasteiger partial charge on any atom is -0.661 e. The minimum absolute atomic E-state index is 0. The van der Waals surface area contributed by atoms with E-state index in [9.17, 15) is 0 Å². The molecule has 0 saturated carbocycles. The number of aryl methyl sites for hydroxylation is 1. The van der Waals surface area contributed by atoms with E-state index in [1.165, 1.54) is 21.2 Å². The van der Waals surface area contributed by atoms with E-state index in [0.717, 1.165) is 83.3 Å². The molecule has 2 aromatic heterocycles. The van der Waals surface area contributed by atoms with Crippen molar-refractivity contribution < 1.29 is 30.0 Å². The summed E-state index contributed by atoms with van der Waals surface area (Å²) < 4.78 is 38.8. The van der Waals surface area contributed by atoms with E-state index in [2.05, 4.69) is 173 Å². The quantitative estimate of drug-likeness (QED) is 0.123. The van der Waals surface area contributed by atoms with E-state index in [1.54, 1.807) is 12.1 Å². The number of hydrogen-bond donors (Lipinski definition) is 0. The van der Waals surface area contributed by atoms with Crippen molar-refractivity contribution in [2.24, 2.45) is 0 Å². The Labute approximate surface area is 392 Å². The van der Waals surface area contributed by atoms with Crippen LogP contribution in [0.2, 0.25) is 17.3 Å². The summed E-state index contributed by atoms with van der Waals surface area (Å²) in [6.45, 7) is 1.66. The Morgan fingerprint density at radius 2 is 1.43 bits per heavy atom. The number of furan rings is 1. The Kier molecular flexibility index (Phi) is 10.3. The molecule has 11 rings (SSSR count). The molecule has 0 radical (unpaired) electrons. The Bertz CT molecular complexity index is 3430. The summed E-state index contributed by atoms with van der Waals surface area (Å²) >= 11 is -2.14. The van der Waals surface area contributed by atoms with E-state index in [1.807, 2.05) is 32.2 Å². The molecule has 4 nitrogen and oxygen atoms in total. The molecule has 0 aliphatic carbocycles. The van der Waals surface area contributed by atoms with Gasteiger partial charge in [-0.05, 0) is 28.6 Å². The topological polar surface area (TPSA) is 43.4 Å². The molecule has 3 heterocycles. The molecule has 1 atom stereocenters. The molecule has 8 aromatic carbocycles. The largest absolute Gasteiger partial charge is 3.00 e. The van der Waals surface area contributed by atoms with Gasteiger partial charge in [-0.3, -0.25) is 0 Å². The van der Waals surface area contributed by atoms with Crippen molar-refractivity contribution in [3.8, 4) is 22.4 Å². The molecule has 0 N–H and O–H groups in total. The smallest absolute Gasteiger partial charge is 0.661 e. The predicted molar refractivity (Wildman–Crippen MR) is 264 cm³/mol. The van der Waals surface area contributed by atoms with E-state index in [4.69, 9.17) is 15.2 Å². The van der Waals surface area contributed by atoms with Crippen molar-refractivity contribution >= 4 is 78.2 Å². The fraction of sp³-hybridized carbons (Fsp3) is 0.140. The Morgan fingerprint density at radius 1 is 0.730 bits per heavy atom. The zero-order chi connectivity index (χ0) is 46.0. The van der Waals surface area contributed by atoms with Gasteiger partial charge in [0, 0.05) is 38.7 Å². The van der Waals surface area contributed by atoms with E-state index < -0.39 is 26.0 Å². The number of para-hydroxylation sites is 1. The number of hydrogen-bond acceptors (Lipinski definition) is 3. The number of benzene rings is 8. The monoisotopic (exact) mass is 1060 g/mol. The standard InChI is InChI=1S/C39H24N2O.C18H24GeN.Ir/c1-2-11-25(12-3-1)28-15-8-9-20-35(28)41-36-29-16-6-4-13-26(29)22-24-34(36)40-39(41)33-19-10-18-31-32-23-21-27-14-5-7-17-30(27)37(32)42-38(31)33;1-13(2)16-11-18(15-9-7-14(3)8-10-15)20-12-17(16)19(4,5)6;/h1-18,20-24,39H;7-9,11-13H,1-6H3;/q-2;-1;+3/i;3D3,13D;. The summed E-state index contributed by atoms with van der Waals surface area (Å²) in [4.78, 5) is 6.96. The number of pyridine rings is 1. The molecule has 310 valence electrons. The minimum atomic E-state index is -2.14. The second-order valence-corrected chi connectivity index (χ2v) is 27.7. The first-order valence-corrected chi connectivity index (χ1v) is 28.4. The molecular weight excluding hydrogens is 1010 g/mol. The molecule has 63 heavy (non-hydrogen) atoms. The normalized spacial score (nSPS) is 14.8. The fourth-order valence-corrected chi connectivity index (χ4v) is 12.1. The summed E-state index contributed by atoms with van der Waals surface area (Å²) in [5.41, 5.74) is 10.9. The third kappa shape index (κ3) is 7.88. The summed E-state index contributed by atoms with van der Waals surface area (Å²) in [6, 6.07) is 62.3. The molecule has 0 fully saturated rings. The first kappa shape index (κ1) is 37.6. The maximum atomic E-state index is 8.49. The van der Waals surface area contributed by atoms with Crippen LogP contribution in [0.25, 0.3) is 71.2 Å². The third-order valence-corrected chi connectivity index (χ3v) is 16.1. The first-order chi connectivity index (χ1) is 31.6. The van der Waals surface area contributed by atoms with Gasteiger partial charge >= 0.3 is 151 Å². The van der Waals surface area contributed by atoms with Gasteiger partial charge in [-0.1, -0.05) is 127 Å². The van der Waals surface area contributed by atoms with Gasteiger partial charge in [-0.15, -0.1) is 11.3 Å². The molecule has 6 heteroatoms. The van der Waals surface area contributed by atoms with Gasteiger partial charge < -0.3 is 14.6 Å². The summed E-state index contributed by atoms with van der Waals surface area (Å²) in [6.07, 6.45) is 1.55. The summed E-state index contributed by atoms with van der Waals surface area (Å²) in [5, 5.41) is 12.2. The van der Waals surface area contributed by atoms with Gasteiger partial charge in [0.25, 0.3) is 0 Å². The van der Waals surface area contributed by atoms with Crippen LogP contribution in [0.4, 0.5) is 17.1 Å². The summed E-state index contributed by atoms with van der Waals surface area (Å²) in [5.74, 6) is 6.18. The van der Waals surface area contributed by atoms with Crippen molar-refractivity contribution in [1.29, 1.82) is 0 Å². The van der Waals surface area contributed by atoms with E-state index in [-0.39, 0.29) is 31.8 Å². The van der Waals surface area contributed by atoms with E-state index >= 15 is 0 Å². The van der Waals surface area contributed by atoms with Gasteiger partial charge in [0.05, 0.1) is 0 Å². The van der Waals surface area contributed by atoms with Gasteiger partial charge in [0.15, 0.2) is 0 Å². The average molecular weight is 1060 g/mol. The summed E-state index contributed by atoms with van der Waals surface area (Å²) in [7, 11) is 0. The zero-order valence-electron chi connectivity index (χ0n) is 39.8. The maximum Gasteiger partial charge on any atom is 3.00 e. The Hall–Kier alpha value is -5.98. The Balaban J connectivity index is 0.000000194. The van der Waals surface area contributed by atoms with Crippen LogP contribution in [0.1, 0.15) is 48.1 Å². The SMILES string of the molecule is [2H]C([2H])([2H])c1c[c-]c(-c2cc(C([2H])(C)C)[c]([Ge]([CH3])([CH3])[CH3])cn2)cc1.[Ir+3].[c-]1ccc2c(oc3c4ccccc4ccc23)c1C1[N-]c2ccc3ccccc3c2N1c1ccccc1-c1ccccc1.